The van der Waals surface area contributed by atoms with Crippen LogP contribution in [0.15, 0.2) is 0 Å². The summed E-state index contributed by atoms with van der Waals surface area (Å²) < 4.78 is 0. The van der Waals surface area contributed by atoms with Gasteiger partial charge in [-0.3, -0.25) is 0 Å². The van der Waals surface area contributed by atoms with E-state index in [1.54, 1.807) is 0 Å². The van der Waals surface area contributed by atoms with Gasteiger partial charge in [0.2, 0.25) is 0 Å². The second-order valence-electron chi connectivity index (χ2n) is 4.87. The van der Waals surface area contributed by atoms with Crippen molar-refractivity contribution in [1.82, 2.24) is 5.32 Å². The van der Waals surface area contributed by atoms with E-state index in [2.05, 4.69) is 5.32 Å². The van der Waals surface area contributed by atoms with Gasteiger partial charge in [-0.1, -0.05) is 6.42 Å². The van der Waals surface area contributed by atoms with Crippen molar-refractivity contribution in [2.24, 2.45) is 11.8 Å². The molecule has 0 saturated heterocycles. The zero-order valence-electron chi connectivity index (χ0n) is 8.50. The molecule has 0 aromatic rings. The van der Waals surface area contributed by atoms with E-state index in [0.29, 0.717) is 0 Å². The first-order chi connectivity index (χ1) is 6.25. The van der Waals surface area contributed by atoms with Crippen molar-refractivity contribution < 1.29 is 5.11 Å². The van der Waals surface area contributed by atoms with Crippen molar-refractivity contribution in [3.63, 3.8) is 0 Å². The predicted octanol–water partition coefficient (Wildman–Crippen LogP) is 1.54. The summed E-state index contributed by atoms with van der Waals surface area (Å²) in [5, 5.41) is 12.7. The van der Waals surface area contributed by atoms with Gasteiger partial charge >= 0.3 is 0 Å². The predicted molar refractivity (Wildman–Crippen MR) is 53.5 cm³/mol. The average molecular weight is 183 g/mol. The van der Waals surface area contributed by atoms with E-state index < -0.39 is 0 Å². The summed E-state index contributed by atoms with van der Waals surface area (Å²) in [5.41, 5.74) is 0. The quantitative estimate of drug-likeness (QED) is 0.693. The Morgan fingerprint density at radius 2 is 2.23 bits per heavy atom. The zero-order valence-corrected chi connectivity index (χ0v) is 8.50. The Morgan fingerprint density at radius 1 is 1.38 bits per heavy atom. The Balaban J connectivity index is 1.66. The molecule has 2 bridgehead atoms. The molecule has 2 aliphatic carbocycles. The van der Waals surface area contributed by atoms with Crippen molar-refractivity contribution in [3.05, 3.63) is 0 Å². The van der Waals surface area contributed by atoms with Gasteiger partial charge in [-0.05, 0) is 51.0 Å². The van der Waals surface area contributed by atoms with Gasteiger partial charge in [0.25, 0.3) is 0 Å². The van der Waals surface area contributed by atoms with E-state index in [4.69, 9.17) is 5.11 Å². The molecular formula is C11H21NO. The van der Waals surface area contributed by atoms with Gasteiger partial charge in [0, 0.05) is 6.04 Å². The maximum Gasteiger partial charge on any atom is 0.0524 e. The van der Waals surface area contributed by atoms with Crippen LogP contribution in [0.2, 0.25) is 0 Å². The van der Waals surface area contributed by atoms with Crippen LogP contribution in [0.25, 0.3) is 0 Å². The van der Waals surface area contributed by atoms with Crippen LogP contribution in [0.4, 0.5) is 0 Å². The first-order valence-electron chi connectivity index (χ1n) is 5.67. The minimum Gasteiger partial charge on any atom is -0.393 e. The summed E-state index contributed by atoms with van der Waals surface area (Å²) in [4.78, 5) is 0. The minimum absolute atomic E-state index is 0.147. The lowest BCUT2D eigenvalue weighted by molar-refractivity contribution is 0.180. The lowest BCUT2D eigenvalue weighted by Gasteiger charge is -2.23. The highest BCUT2D eigenvalue weighted by atomic mass is 16.3. The fourth-order valence-electron chi connectivity index (χ4n) is 2.97. The maximum atomic E-state index is 9.12. The highest BCUT2D eigenvalue weighted by Crippen LogP contribution is 2.44. The first-order valence-corrected chi connectivity index (χ1v) is 5.67. The summed E-state index contributed by atoms with van der Waals surface area (Å²) in [7, 11) is 0. The molecule has 2 nitrogen and oxygen atoms in total. The number of hydrogen-bond acceptors (Lipinski definition) is 2. The zero-order chi connectivity index (χ0) is 9.26. The Bertz CT molecular complexity index is 169. The van der Waals surface area contributed by atoms with Crippen LogP contribution in [-0.4, -0.2) is 23.8 Å². The van der Waals surface area contributed by atoms with Crippen LogP contribution in [0.5, 0.6) is 0 Å². The fraction of sp³-hybridized carbons (Fsp3) is 1.00. The summed E-state index contributed by atoms with van der Waals surface area (Å²) in [5.74, 6) is 1.98. The molecule has 0 unspecified atom stereocenters. The second-order valence-corrected chi connectivity index (χ2v) is 4.87. The molecule has 2 rings (SSSR count). The van der Waals surface area contributed by atoms with Crippen molar-refractivity contribution in [1.29, 1.82) is 0 Å². The van der Waals surface area contributed by atoms with Gasteiger partial charge in [0.05, 0.1) is 6.10 Å². The molecule has 2 aliphatic rings. The van der Waals surface area contributed by atoms with Crippen molar-refractivity contribution in [3.8, 4) is 0 Å². The van der Waals surface area contributed by atoms with Gasteiger partial charge in [0.15, 0.2) is 0 Å². The summed E-state index contributed by atoms with van der Waals surface area (Å²) in [6.45, 7) is 2.86. The standard InChI is InChI=1S/C11H21NO/c1-8(13)4-5-12-11-7-9-2-3-10(11)6-9/h8-13H,2-7H2,1H3/t8-,9-,10-,11-/m1/s1. The third-order valence-corrected chi connectivity index (χ3v) is 3.71. The fourth-order valence-corrected chi connectivity index (χ4v) is 2.97. The molecule has 0 heterocycles. The highest BCUT2D eigenvalue weighted by Gasteiger charge is 2.38. The molecule has 2 heteroatoms. The van der Waals surface area contributed by atoms with Gasteiger partial charge in [-0.25, -0.2) is 0 Å². The highest BCUT2D eigenvalue weighted by molar-refractivity contribution is 4.93. The molecule has 0 aromatic heterocycles. The molecule has 4 atom stereocenters. The van der Waals surface area contributed by atoms with Crippen LogP contribution in [0.3, 0.4) is 0 Å². The topological polar surface area (TPSA) is 32.3 Å². The third-order valence-electron chi connectivity index (χ3n) is 3.71. The summed E-state index contributed by atoms with van der Waals surface area (Å²) in [6.07, 6.45) is 6.52. The summed E-state index contributed by atoms with van der Waals surface area (Å²) in [6, 6.07) is 0.775. The molecule has 2 N–H and O–H groups in total. The Kier molecular flexibility index (Phi) is 2.89. The SMILES string of the molecule is C[C@@H](O)CCN[C@@H]1C[C@@H]2CC[C@@H]1C2. The van der Waals surface area contributed by atoms with Crippen LogP contribution < -0.4 is 5.32 Å². The van der Waals surface area contributed by atoms with Crippen LogP contribution >= 0.6 is 0 Å². The first kappa shape index (κ1) is 9.47. The number of hydrogen-bond donors (Lipinski definition) is 2. The number of nitrogens with one attached hydrogen (secondary N) is 1. The normalized spacial score (nSPS) is 39.7. The molecule has 76 valence electrons. The Labute approximate surface area is 80.7 Å². The Morgan fingerprint density at radius 3 is 2.77 bits per heavy atom. The Hall–Kier alpha value is -0.0800. The molecule has 0 aliphatic heterocycles. The van der Waals surface area contributed by atoms with Crippen molar-refractivity contribution in [2.45, 2.75) is 51.2 Å². The third kappa shape index (κ3) is 2.23. The summed E-state index contributed by atoms with van der Waals surface area (Å²) >= 11 is 0. The molecule has 2 saturated carbocycles. The van der Waals surface area contributed by atoms with Crippen LogP contribution in [-0.2, 0) is 0 Å². The number of fused-ring (bicyclic) bond motifs is 2. The van der Waals surface area contributed by atoms with Crippen molar-refractivity contribution >= 4 is 0 Å². The van der Waals surface area contributed by atoms with Gasteiger partial charge in [-0.2, -0.15) is 0 Å². The van der Waals surface area contributed by atoms with Crippen LogP contribution in [0, 0.1) is 11.8 Å². The number of rotatable bonds is 4. The largest absolute Gasteiger partial charge is 0.393 e. The van der Waals surface area contributed by atoms with Gasteiger partial charge < -0.3 is 10.4 Å². The van der Waals surface area contributed by atoms with E-state index in [-0.39, 0.29) is 6.10 Å². The molecular weight excluding hydrogens is 162 g/mol. The van der Waals surface area contributed by atoms with Crippen molar-refractivity contribution in [2.75, 3.05) is 6.54 Å². The number of aliphatic hydroxyl groups is 1. The van der Waals surface area contributed by atoms with E-state index in [9.17, 15) is 0 Å². The lowest BCUT2D eigenvalue weighted by atomic mass is 9.95. The molecule has 0 spiro atoms. The van der Waals surface area contributed by atoms with Gasteiger partial charge in [-0.15, -0.1) is 0 Å². The lowest BCUT2D eigenvalue weighted by Crippen LogP contribution is -2.35. The molecule has 0 radical (unpaired) electrons. The molecule has 13 heavy (non-hydrogen) atoms. The second kappa shape index (κ2) is 3.97. The van der Waals surface area contributed by atoms with Gasteiger partial charge in [0.1, 0.15) is 0 Å². The van der Waals surface area contributed by atoms with E-state index in [1.165, 1.54) is 25.7 Å². The smallest absolute Gasteiger partial charge is 0.0524 e. The molecule has 2 fully saturated rings. The molecule has 0 amide bonds. The average Bonchev–Trinajstić information content (AvgIpc) is 2.64. The van der Waals surface area contributed by atoms with E-state index in [0.717, 1.165) is 30.8 Å². The number of aliphatic hydroxyl groups excluding tert-OH is 1. The minimum atomic E-state index is -0.147. The molecule has 0 aromatic carbocycles. The van der Waals surface area contributed by atoms with E-state index >= 15 is 0 Å². The monoisotopic (exact) mass is 183 g/mol. The van der Waals surface area contributed by atoms with E-state index in [1.807, 2.05) is 6.92 Å². The maximum absolute atomic E-state index is 9.12. The van der Waals surface area contributed by atoms with Crippen LogP contribution in [0.1, 0.15) is 39.0 Å².